The number of halogens is 1. The summed E-state index contributed by atoms with van der Waals surface area (Å²) in [6.45, 7) is 3.71. The van der Waals surface area contributed by atoms with Gasteiger partial charge in [-0.15, -0.1) is 0 Å². The lowest BCUT2D eigenvalue weighted by molar-refractivity contribution is 0.135. The molecule has 0 saturated carbocycles. The highest BCUT2D eigenvalue weighted by Gasteiger charge is 2.09. The normalized spacial score (nSPS) is 15.4. The van der Waals surface area contributed by atoms with E-state index in [1.165, 1.54) is 12.1 Å². The van der Waals surface area contributed by atoms with Crippen molar-refractivity contribution in [2.45, 2.75) is 26.4 Å². The highest BCUT2D eigenvalue weighted by Crippen LogP contribution is 2.12. The van der Waals surface area contributed by atoms with Gasteiger partial charge >= 0.3 is 0 Å². The van der Waals surface area contributed by atoms with E-state index in [1.807, 2.05) is 13.0 Å². The molecule has 0 aromatic heterocycles. The Labute approximate surface area is 78.2 Å². The van der Waals surface area contributed by atoms with Gasteiger partial charge in [0.15, 0.2) is 0 Å². The molecule has 0 aliphatic carbocycles. The van der Waals surface area contributed by atoms with Crippen molar-refractivity contribution in [2.75, 3.05) is 0 Å². The van der Waals surface area contributed by atoms with Gasteiger partial charge in [-0.05, 0) is 37.0 Å². The van der Waals surface area contributed by atoms with Gasteiger partial charge in [-0.1, -0.05) is 19.1 Å². The molecule has 0 aliphatic heterocycles. The minimum Gasteiger partial charge on any atom is -0.393 e. The van der Waals surface area contributed by atoms with Crippen molar-refractivity contribution in [2.24, 2.45) is 5.92 Å². The summed E-state index contributed by atoms with van der Waals surface area (Å²) in [5, 5.41) is 9.26. The third-order valence-electron chi connectivity index (χ3n) is 2.27. The van der Waals surface area contributed by atoms with Crippen LogP contribution in [0.4, 0.5) is 4.39 Å². The van der Waals surface area contributed by atoms with Crippen molar-refractivity contribution >= 4 is 0 Å². The van der Waals surface area contributed by atoms with Crippen molar-refractivity contribution in [3.8, 4) is 0 Å². The molecule has 2 heteroatoms. The fourth-order valence-electron chi connectivity index (χ4n) is 1.21. The Morgan fingerprint density at radius 2 is 2.08 bits per heavy atom. The van der Waals surface area contributed by atoms with Crippen LogP contribution in [0.25, 0.3) is 0 Å². The zero-order valence-electron chi connectivity index (χ0n) is 8.00. The molecule has 0 bridgehead atoms. The fourth-order valence-corrected chi connectivity index (χ4v) is 1.21. The molecule has 1 aromatic rings. The van der Waals surface area contributed by atoms with Gasteiger partial charge in [-0.25, -0.2) is 4.39 Å². The first-order valence-electron chi connectivity index (χ1n) is 4.52. The van der Waals surface area contributed by atoms with E-state index >= 15 is 0 Å². The summed E-state index contributed by atoms with van der Waals surface area (Å²) >= 11 is 0. The van der Waals surface area contributed by atoms with E-state index in [9.17, 15) is 9.50 Å². The lowest BCUT2D eigenvalue weighted by Crippen LogP contribution is -2.15. The van der Waals surface area contributed by atoms with Crippen LogP contribution in [0.15, 0.2) is 24.3 Å². The number of rotatable bonds is 3. The molecular weight excluding hydrogens is 167 g/mol. The van der Waals surface area contributed by atoms with Gasteiger partial charge in [0.1, 0.15) is 5.82 Å². The molecule has 0 heterocycles. The predicted octanol–water partition coefficient (Wildman–Crippen LogP) is 2.39. The number of aliphatic hydroxyl groups is 1. The van der Waals surface area contributed by atoms with Crippen LogP contribution in [0.5, 0.6) is 0 Å². The molecule has 72 valence electrons. The second-order valence-corrected chi connectivity index (χ2v) is 3.55. The van der Waals surface area contributed by atoms with Gasteiger partial charge in [-0.3, -0.25) is 0 Å². The SMILES string of the molecule is CC(O)C(C)Cc1cccc(F)c1. The molecule has 1 aromatic carbocycles. The standard InChI is InChI=1S/C11H15FO/c1-8(9(2)13)6-10-4-3-5-11(12)7-10/h3-5,7-9,13H,6H2,1-2H3. The molecule has 0 spiro atoms. The lowest BCUT2D eigenvalue weighted by atomic mass is 9.97. The molecule has 1 rings (SSSR count). The van der Waals surface area contributed by atoms with E-state index in [-0.39, 0.29) is 17.8 Å². The van der Waals surface area contributed by atoms with Crippen molar-refractivity contribution in [3.05, 3.63) is 35.6 Å². The molecule has 2 atom stereocenters. The van der Waals surface area contributed by atoms with Crippen LogP contribution in [-0.2, 0) is 6.42 Å². The van der Waals surface area contributed by atoms with E-state index < -0.39 is 0 Å². The smallest absolute Gasteiger partial charge is 0.123 e. The summed E-state index contributed by atoms with van der Waals surface area (Å²) < 4.78 is 12.8. The average Bonchev–Trinajstić information content (AvgIpc) is 2.04. The van der Waals surface area contributed by atoms with E-state index in [0.29, 0.717) is 0 Å². The van der Waals surface area contributed by atoms with Crippen molar-refractivity contribution in [1.29, 1.82) is 0 Å². The van der Waals surface area contributed by atoms with Crippen molar-refractivity contribution in [3.63, 3.8) is 0 Å². The lowest BCUT2D eigenvalue weighted by Gasteiger charge is -2.14. The summed E-state index contributed by atoms with van der Waals surface area (Å²) in [5.74, 6) is -0.0444. The zero-order valence-corrected chi connectivity index (χ0v) is 8.00. The summed E-state index contributed by atoms with van der Waals surface area (Å²) in [4.78, 5) is 0. The van der Waals surface area contributed by atoms with Crippen LogP contribution in [0.3, 0.4) is 0 Å². The molecule has 1 N–H and O–H groups in total. The maximum atomic E-state index is 12.8. The fraction of sp³-hybridized carbons (Fsp3) is 0.455. The van der Waals surface area contributed by atoms with Crippen LogP contribution >= 0.6 is 0 Å². The van der Waals surface area contributed by atoms with E-state index in [0.717, 1.165) is 12.0 Å². The highest BCUT2D eigenvalue weighted by molar-refractivity contribution is 5.16. The minimum atomic E-state index is -0.344. The molecule has 0 aliphatic rings. The van der Waals surface area contributed by atoms with Crippen LogP contribution in [0.2, 0.25) is 0 Å². The Bertz CT molecular complexity index is 271. The first kappa shape index (κ1) is 10.2. The van der Waals surface area contributed by atoms with E-state index in [4.69, 9.17) is 0 Å². The van der Waals surface area contributed by atoms with Gasteiger partial charge in [0, 0.05) is 0 Å². The predicted molar refractivity (Wildman–Crippen MR) is 50.9 cm³/mol. The van der Waals surface area contributed by atoms with Gasteiger partial charge in [-0.2, -0.15) is 0 Å². The van der Waals surface area contributed by atoms with Crippen molar-refractivity contribution < 1.29 is 9.50 Å². The first-order valence-corrected chi connectivity index (χ1v) is 4.52. The molecule has 0 fully saturated rings. The summed E-state index contributed by atoms with van der Waals surface area (Å²) in [6, 6.07) is 6.51. The average molecular weight is 182 g/mol. The van der Waals surface area contributed by atoms with Crippen LogP contribution in [0.1, 0.15) is 19.4 Å². The van der Waals surface area contributed by atoms with E-state index in [2.05, 4.69) is 0 Å². The van der Waals surface area contributed by atoms with Gasteiger partial charge in [0.05, 0.1) is 6.10 Å². The Balaban J connectivity index is 2.64. The Hall–Kier alpha value is -0.890. The monoisotopic (exact) mass is 182 g/mol. The Morgan fingerprint density at radius 3 is 2.62 bits per heavy atom. The quantitative estimate of drug-likeness (QED) is 0.761. The second-order valence-electron chi connectivity index (χ2n) is 3.55. The maximum Gasteiger partial charge on any atom is 0.123 e. The third-order valence-corrected chi connectivity index (χ3v) is 2.27. The summed E-state index contributed by atoms with van der Waals surface area (Å²) in [5.41, 5.74) is 0.938. The summed E-state index contributed by atoms with van der Waals surface area (Å²) in [7, 11) is 0. The number of hydrogen-bond acceptors (Lipinski definition) is 1. The third kappa shape index (κ3) is 3.15. The number of aliphatic hydroxyl groups excluding tert-OH is 1. The molecule has 1 nitrogen and oxygen atoms in total. The van der Waals surface area contributed by atoms with Crippen LogP contribution in [0, 0.1) is 11.7 Å². The van der Waals surface area contributed by atoms with Crippen LogP contribution in [-0.4, -0.2) is 11.2 Å². The largest absolute Gasteiger partial charge is 0.393 e. The molecular formula is C11H15FO. The Morgan fingerprint density at radius 1 is 1.38 bits per heavy atom. The first-order chi connectivity index (χ1) is 6.09. The molecule has 13 heavy (non-hydrogen) atoms. The summed E-state index contributed by atoms with van der Waals surface area (Å²) in [6.07, 6.45) is 0.373. The van der Waals surface area contributed by atoms with Crippen LogP contribution < -0.4 is 0 Å². The topological polar surface area (TPSA) is 20.2 Å². The van der Waals surface area contributed by atoms with E-state index in [1.54, 1.807) is 13.0 Å². The molecule has 0 amide bonds. The second kappa shape index (κ2) is 4.38. The van der Waals surface area contributed by atoms with Gasteiger partial charge in [0.25, 0.3) is 0 Å². The molecule has 0 radical (unpaired) electrons. The minimum absolute atomic E-state index is 0.168. The molecule has 0 saturated heterocycles. The molecule has 2 unspecified atom stereocenters. The number of benzene rings is 1. The Kier molecular flexibility index (Phi) is 3.43. The van der Waals surface area contributed by atoms with Gasteiger partial charge in [0.2, 0.25) is 0 Å². The highest BCUT2D eigenvalue weighted by atomic mass is 19.1. The maximum absolute atomic E-state index is 12.8. The zero-order chi connectivity index (χ0) is 9.84. The van der Waals surface area contributed by atoms with Crippen molar-refractivity contribution in [1.82, 2.24) is 0 Å². The number of hydrogen-bond donors (Lipinski definition) is 1. The van der Waals surface area contributed by atoms with Gasteiger partial charge < -0.3 is 5.11 Å².